The van der Waals surface area contributed by atoms with E-state index in [1.807, 2.05) is 270 Å². The molecule has 6 aromatic carbocycles. The van der Waals surface area contributed by atoms with E-state index in [1.165, 1.54) is 0 Å². The second-order valence-electron chi connectivity index (χ2n) is 40.0. The van der Waals surface area contributed by atoms with E-state index in [4.69, 9.17) is 28.4 Å². The minimum absolute atomic E-state index is 0.00864. The summed E-state index contributed by atoms with van der Waals surface area (Å²) in [5, 5.41) is 64.8. The number of benzene rings is 6. The Morgan fingerprint density at radius 3 is 0.519 bits per heavy atom. The number of aliphatic hydroxyl groups is 6. The summed E-state index contributed by atoms with van der Waals surface area (Å²) in [4.78, 5) is 74.6. The maximum atomic E-state index is 12.5. The van der Waals surface area contributed by atoms with Gasteiger partial charge in [0.1, 0.15) is 69.1 Å². The van der Waals surface area contributed by atoms with Gasteiger partial charge in [0, 0.05) is 65.9 Å². The van der Waals surface area contributed by atoms with Crippen molar-refractivity contribution in [2.24, 2.45) is 32.5 Å². The van der Waals surface area contributed by atoms with Crippen LogP contribution in [0, 0.1) is 32.5 Å². The first-order valence-electron chi connectivity index (χ1n) is 45.4. The van der Waals surface area contributed by atoms with Gasteiger partial charge in [0.15, 0.2) is 34.7 Å². The number of methoxy groups -OCH3 is 6. The number of carbonyl (C=O) groups excluding carboxylic acids is 6. The van der Waals surface area contributed by atoms with Crippen molar-refractivity contribution in [2.45, 2.75) is 176 Å². The van der Waals surface area contributed by atoms with Gasteiger partial charge < -0.3 is 59.1 Å². The third-order valence-electron chi connectivity index (χ3n) is 31.5. The molecule has 9 atom stereocenters. The summed E-state index contributed by atoms with van der Waals surface area (Å²) in [6.45, 7) is 59.1. The lowest BCUT2D eigenvalue weighted by molar-refractivity contribution is -0.123. The number of ketones is 6. The quantitative estimate of drug-likeness (QED) is 0.0784. The van der Waals surface area contributed by atoms with Crippen molar-refractivity contribution in [1.82, 2.24) is 0 Å². The number of hydrogen-bond acceptors (Lipinski definition) is 18. The average molecular weight is 1820 g/mol. The summed E-state index contributed by atoms with van der Waals surface area (Å²) in [6, 6.07) is 34.5. The molecule has 0 saturated carbocycles. The van der Waals surface area contributed by atoms with Gasteiger partial charge in [-0.15, -0.1) is 0 Å². The molecule has 6 aromatic rings. The second kappa shape index (κ2) is 34.3. The minimum atomic E-state index is -0.767. The molecule has 18 rings (SSSR count). The van der Waals surface area contributed by atoms with Crippen molar-refractivity contribution in [3.8, 4) is 34.5 Å². The SMILES string of the molecule is C=C1C(O)=C2C(C)(C)C(=O)C=CC2(C)c2cc(OC)ccc21.C=C1C(O)=C2C(C)(C)C(=O)C=C[C@@]2(C)c2cc(OC)ccc21.C=C1C(O)=C2C(C)(C)C(=O)C=C[C@]2(C)c2cc(OC)ccc21.C=C1C(O)=C2C(C)(CC)C(=O)C=CC2(C)c2cc(OC)ccc21.C=C1C(O)=C2[C@@](C)(CC)C(=O)C=C[C@@]2(C)c2cc(OC)ccc21.C=C1C(O)=C2[C@](C)(CC)C(=O)C=C[C@]2(C)c2cc(OC)ccc21. The fourth-order valence-electron chi connectivity index (χ4n) is 22.8. The highest BCUT2D eigenvalue weighted by Crippen LogP contribution is 2.63. The van der Waals surface area contributed by atoms with Crippen molar-refractivity contribution in [1.29, 1.82) is 0 Å². The highest BCUT2D eigenvalue weighted by Gasteiger charge is 2.58. The Bertz CT molecular complexity index is 6070. The number of allylic oxidation sites excluding steroid dienone is 24. The van der Waals surface area contributed by atoms with Crippen LogP contribution >= 0.6 is 0 Å². The molecule has 0 radical (unpaired) electrons. The summed E-state index contributed by atoms with van der Waals surface area (Å²) in [5.74, 6) is 5.37. The molecule has 0 fully saturated rings. The topological polar surface area (TPSA) is 279 Å². The number of aliphatic hydroxyl groups excluding tert-OH is 6. The van der Waals surface area contributed by atoms with Gasteiger partial charge in [-0.2, -0.15) is 0 Å². The molecular weight excluding hydrogens is 1690 g/mol. The van der Waals surface area contributed by atoms with Gasteiger partial charge in [-0.25, -0.2) is 0 Å². The van der Waals surface area contributed by atoms with Crippen LogP contribution in [0.15, 0.2) is 290 Å². The van der Waals surface area contributed by atoms with Gasteiger partial charge in [0.2, 0.25) is 0 Å². The first-order valence-corrected chi connectivity index (χ1v) is 45.4. The van der Waals surface area contributed by atoms with E-state index in [9.17, 15) is 59.4 Å². The molecular formula is C117H126O18. The Morgan fingerprint density at radius 1 is 0.230 bits per heavy atom. The molecule has 0 aromatic heterocycles. The fourth-order valence-corrected chi connectivity index (χ4v) is 22.8. The maximum absolute atomic E-state index is 12.5. The molecule has 3 unspecified atom stereocenters. The lowest BCUT2D eigenvalue weighted by atomic mass is 9.55. The summed E-state index contributed by atoms with van der Waals surface area (Å²) in [7, 11) is 9.77. The predicted octanol–water partition coefficient (Wildman–Crippen LogP) is 24.9. The van der Waals surface area contributed by atoms with Crippen LogP contribution < -0.4 is 28.4 Å². The third-order valence-corrected chi connectivity index (χ3v) is 31.5. The Labute approximate surface area is 793 Å². The largest absolute Gasteiger partial charge is 0.507 e. The molecule has 135 heavy (non-hydrogen) atoms. The smallest absolute Gasteiger partial charge is 0.165 e. The summed E-state index contributed by atoms with van der Waals surface area (Å²) in [5.41, 5.74) is 11.3. The zero-order chi connectivity index (χ0) is 99.8. The number of ether oxygens (including phenoxy) is 6. The van der Waals surface area contributed by atoms with Gasteiger partial charge in [-0.3, -0.25) is 28.8 Å². The molecule has 12 aliphatic carbocycles. The Morgan fingerprint density at radius 2 is 0.370 bits per heavy atom. The third kappa shape index (κ3) is 14.8. The van der Waals surface area contributed by atoms with Crippen LogP contribution in [0.2, 0.25) is 0 Å². The lowest BCUT2D eigenvalue weighted by Crippen LogP contribution is -2.44. The van der Waals surface area contributed by atoms with Crippen LogP contribution in [0.3, 0.4) is 0 Å². The number of carbonyl (C=O) groups is 6. The van der Waals surface area contributed by atoms with E-state index in [-0.39, 0.29) is 69.3 Å². The Kier molecular flexibility index (Phi) is 25.1. The van der Waals surface area contributed by atoms with Crippen molar-refractivity contribution < 1.29 is 87.8 Å². The van der Waals surface area contributed by atoms with Gasteiger partial charge >= 0.3 is 0 Å². The van der Waals surface area contributed by atoms with Crippen LogP contribution in [0.1, 0.15) is 211 Å². The van der Waals surface area contributed by atoms with Gasteiger partial charge in [0.25, 0.3) is 0 Å². The van der Waals surface area contributed by atoms with E-state index >= 15 is 0 Å². The monoisotopic (exact) mass is 1820 g/mol. The van der Waals surface area contributed by atoms with Gasteiger partial charge in [-0.1, -0.05) is 133 Å². The zero-order valence-corrected chi connectivity index (χ0v) is 82.3. The molecule has 0 amide bonds. The maximum Gasteiger partial charge on any atom is 0.165 e. The molecule has 0 spiro atoms. The fraction of sp³-hybridized carbons (Fsp3) is 0.333. The van der Waals surface area contributed by atoms with Crippen LogP contribution in [-0.2, 0) is 61.3 Å². The molecule has 0 heterocycles. The van der Waals surface area contributed by atoms with Crippen molar-refractivity contribution in [3.63, 3.8) is 0 Å². The Balaban J connectivity index is 0.000000137. The van der Waals surface area contributed by atoms with Gasteiger partial charge in [-0.05, 0) is 333 Å². The van der Waals surface area contributed by atoms with Gasteiger partial charge in [0.05, 0.1) is 75.1 Å². The number of rotatable bonds is 9. The number of fused-ring (bicyclic) bond motifs is 18. The van der Waals surface area contributed by atoms with Crippen molar-refractivity contribution in [3.05, 3.63) is 356 Å². The second-order valence-corrected chi connectivity index (χ2v) is 40.0. The molecule has 18 heteroatoms. The highest BCUT2D eigenvalue weighted by atomic mass is 16.5. The molecule has 18 nitrogen and oxygen atoms in total. The first kappa shape index (κ1) is 98.8. The van der Waals surface area contributed by atoms with E-state index in [0.717, 1.165) is 118 Å². The van der Waals surface area contributed by atoms with E-state index < -0.39 is 65.0 Å². The van der Waals surface area contributed by atoms with Crippen LogP contribution in [0.5, 0.6) is 34.5 Å². The predicted molar refractivity (Wildman–Crippen MR) is 536 cm³/mol. The summed E-state index contributed by atoms with van der Waals surface area (Å²) >= 11 is 0. The zero-order valence-electron chi connectivity index (χ0n) is 82.3. The minimum Gasteiger partial charge on any atom is -0.507 e. The highest BCUT2D eigenvalue weighted by molar-refractivity contribution is 6.07. The molecule has 12 aliphatic rings. The van der Waals surface area contributed by atoms with Crippen LogP contribution in [0.25, 0.3) is 33.4 Å². The molecule has 0 aliphatic heterocycles. The summed E-state index contributed by atoms with van der Waals surface area (Å²) < 4.78 is 32.1. The summed E-state index contributed by atoms with van der Waals surface area (Å²) in [6.07, 6.45) is 23.0. The van der Waals surface area contributed by atoms with E-state index in [1.54, 1.807) is 79.1 Å². The van der Waals surface area contributed by atoms with Crippen molar-refractivity contribution >= 4 is 68.1 Å². The normalized spacial score (nSPS) is 27.6. The molecule has 6 N–H and O–H groups in total. The van der Waals surface area contributed by atoms with Crippen LogP contribution in [0.4, 0.5) is 0 Å². The van der Waals surface area contributed by atoms with E-state index in [2.05, 4.69) is 39.5 Å². The standard InChI is InChI=1S/3C20H22O3.3C19H20O3/c3*1-6-19(3)16(21)9-10-20(4)15-11-13(23-5)7-8-14(15)12(2)17(22)18(19)20;3*1-11-13-7-6-12(22-5)10-14(13)19(4)9-8-15(20)18(2,3)17(19)16(11)21/h3*7-11,22H,2,6H2,1,3-5H3;3*6-10,21H,1H2,2-5H3/t2*19-,20-;;2*19-;/m10.10./s1. The Hall–Kier alpha value is -13.7. The van der Waals surface area contributed by atoms with Crippen LogP contribution in [-0.4, -0.2) is 108 Å². The first-order chi connectivity index (χ1) is 63.1. The van der Waals surface area contributed by atoms with E-state index in [0.29, 0.717) is 69.4 Å². The van der Waals surface area contributed by atoms with Crippen molar-refractivity contribution in [2.75, 3.05) is 42.7 Å². The molecule has 0 saturated heterocycles. The molecule has 0 bridgehead atoms. The number of hydrogen-bond donors (Lipinski definition) is 6. The molecule has 702 valence electrons. The lowest BCUT2D eigenvalue weighted by Gasteiger charge is -2.47. The average Bonchev–Trinajstić information content (AvgIpc) is 0.707.